The molecule has 2 aromatic heterocycles. The third-order valence-corrected chi connectivity index (χ3v) is 5.19. The number of rotatable bonds is 3. The molecule has 1 fully saturated rings. The van der Waals surface area contributed by atoms with Gasteiger partial charge in [0.15, 0.2) is 17.1 Å². The average molecular weight is 415 g/mol. The number of amides is 2. The second-order valence-corrected chi connectivity index (χ2v) is 7.22. The van der Waals surface area contributed by atoms with Crippen LogP contribution in [0.2, 0.25) is 0 Å². The Morgan fingerprint density at radius 2 is 1.90 bits per heavy atom. The number of anilines is 1. The number of hydrogen-bond donors (Lipinski definition) is 1. The van der Waals surface area contributed by atoms with Gasteiger partial charge in [-0.25, -0.2) is 9.78 Å². The van der Waals surface area contributed by atoms with E-state index >= 15 is 0 Å². The van der Waals surface area contributed by atoms with Crippen molar-refractivity contribution >= 4 is 17.4 Å². The summed E-state index contributed by atoms with van der Waals surface area (Å²) < 4.78 is 37.1. The molecule has 2 amide bonds. The molecule has 1 aromatic carbocycles. The minimum absolute atomic E-state index is 0.0396. The molecular formula is C20H19F2N5O3. The van der Waals surface area contributed by atoms with Crippen molar-refractivity contribution in [2.24, 2.45) is 0 Å². The highest BCUT2D eigenvalue weighted by molar-refractivity contribution is 5.93. The third kappa shape index (κ3) is 3.61. The summed E-state index contributed by atoms with van der Waals surface area (Å²) in [5.41, 5.74) is 2.20. The Morgan fingerprint density at radius 1 is 1.10 bits per heavy atom. The van der Waals surface area contributed by atoms with Gasteiger partial charge >= 0.3 is 12.3 Å². The van der Waals surface area contributed by atoms with Gasteiger partial charge in [0, 0.05) is 51.3 Å². The van der Waals surface area contributed by atoms with Crippen LogP contribution >= 0.6 is 0 Å². The normalized spacial score (nSPS) is 18.0. The molecule has 0 bridgehead atoms. The standard InChI is InChI=1S/C20H19F2N5O3/c21-20(22)29-16-4-3-14(12-17(16)30-20)13-25-8-10-27(11-9-25)19(28)24-15-2-1-6-26-7-5-23-18(15)26/h1-7,12H,8-11,13H2,(H,24,28). The summed E-state index contributed by atoms with van der Waals surface area (Å²) in [6.45, 7) is 3.04. The topological polar surface area (TPSA) is 71.3 Å². The summed E-state index contributed by atoms with van der Waals surface area (Å²) in [5.74, 6) is 0.0846. The summed E-state index contributed by atoms with van der Waals surface area (Å²) >= 11 is 0. The number of carbonyl (C=O) groups is 1. The van der Waals surface area contributed by atoms with Crippen molar-refractivity contribution in [3.05, 3.63) is 54.5 Å². The summed E-state index contributed by atoms with van der Waals surface area (Å²) in [4.78, 5) is 20.8. The number of nitrogens with one attached hydrogen (secondary N) is 1. The van der Waals surface area contributed by atoms with Gasteiger partial charge in [-0.05, 0) is 29.8 Å². The van der Waals surface area contributed by atoms with Gasteiger partial charge < -0.3 is 24.1 Å². The third-order valence-electron chi connectivity index (χ3n) is 5.19. The van der Waals surface area contributed by atoms with Gasteiger partial charge in [0.05, 0.1) is 5.69 Å². The maximum absolute atomic E-state index is 13.2. The van der Waals surface area contributed by atoms with Crippen LogP contribution in [0.25, 0.3) is 5.65 Å². The molecule has 2 aliphatic rings. The molecule has 0 saturated carbocycles. The SMILES string of the molecule is O=C(Nc1cccn2ccnc12)N1CCN(Cc2ccc3c(c2)OC(F)(F)O3)CC1. The molecule has 1 saturated heterocycles. The van der Waals surface area contributed by atoms with E-state index in [1.165, 1.54) is 6.07 Å². The van der Waals surface area contributed by atoms with Crippen LogP contribution < -0.4 is 14.8 Å². The van der Waals surface area contributed by atoms with Crippen molar-refractivity contribution in [1.29, 1.82) is 0 Å². The summed E-state index contributed by atoms with van der Waals surface area (Å²) in [6.07, 6.45) is 1.76. The van der Waals surface area contributed by atoms with E-state index < -0.39 is 6.29 Å². The zero-order valence-electron chi connectivity index (χ0n) is 15.9. The lowest BCUT2D eigenvalue weighted by Gasteiger charge is -2.34. The van der Waals surface area contributed by atoms with Crippen LogP contribution in [0.4, 0.5) is 19.3 Å². The van der Waals surface area contributed by atoms with E-state index in [9.17, 15) is 13.6 Å². The number of halogens is 2. The molecule has 4 heterocycles. The van der Waals surface area contributed by atoms with Crippen molar-refractivity contribution in [2.45, 2.75) is 12.8 Å². The average Bonchev–Trinajstić information content (AvgIpc) is 3.31. The molecule has 0 atom stereocenters. The first kappa shape index (κ1) is 18.6. The van der Waals surface area contributed by atoms with E-state index in [2.05, 4.69) is 24.7 Å². The molecule has 30 heavy (non-hydrogen) atoms. The molecule has 0 aliphatic carbocycles. The van der Waals surface area contributed by atoms with E-state index in [1.807, 2.05) is 28.9 Å². The lowest BCUT2D eigenvalue weighted by molar-refractivity contribution is -0.286. The Hall–Kier alpha value is -3.40. The van der Waals surface area contributed by atoms with Gasteiger partial charge in [0.2, 0.25) is 0 Å². The van der Waals surface area contributed by atoms with Crippen molar-refractivity contribution in [1.82, 2.24) is 19.2 Å². The zero-order chi connectivity index (χ0) is 20.7. The number of piperazine rings is 1. The monoisotopic (exact) mass is 415 g/mol. The summed E-state index contributed by atoms with van der Waals surface area (Å²) in [7, 11) is 0. The van der Waals surface area contributed by atoms with Gasteiger partial charge in [0.25, 0.3) is 0 Å². The zero-order valence-corrected chi connectivity index (χ0v) is 15.9. The molecule has 10 heteroatoms. The van der Waals surface area contributed by atoms with Gasteiger partial charge in [0.1, 0.15) is 0 Å². The first-order valence-electron chi connectivity index (χ1n) is 9.56. The van der Waals surface area contributed by atoms with Crippen molar-refractivity contribution in [2.75, 3.05) is 31.5 Å². The van der Waals surface area contributed by atoms with Gasteiger partial charge in [-0.1, -0.05) is 6.07 Å². The second kappa shape index (κ2) is 7.13. The highest BCUT2D eigenvalue weighted by Gasteiger charge is 2.43. The number of fused-ring (bicyclic) bond motifs is 2. The fourth-order valence-electron chi connectivity index (χ4n) is 3.70. The van der Waals surface area contributed by atoms with Crippen LogP contribution in [0.15, 0.2) is 48.9 Å². The molecule has 156 valence electrons. The highest BCUT2D eigenvalue weighted by atomic mass is 19.3. The molecule has 0 spiro atoms. The molecule has 2 aliphatic heterocycles. The number of ether oxygens (including phenoxy) is 2. The Kier molecular flexibility index (Phi) is 4.43. The van der Waals surface area contributed by atoms with Crippen molar-refractivity contribution < 1.29 is 23.0 Å². The largest absolute Gasteiger partial charge is 0.586 e. The van der Waals surface area contributed by atoms with Crippen LogP contribution in [0.5, 0.6) is 11.5 Å². The van der Waals surface area contributed by atoms with Gasteiger partial charge in [-0.2, -0.15) is 0 Å². The summed E-state index contributed by atoms with van der Waals surface area (Å²) in [5, 5.41) is 2.92. The molecule has 1 N–H and O–H groups in total. The number of hydrogen-bond acceptors (Lipinski definition) is 5. The number of alkyl halides is 2. The lowest BCUT2D eigenvalue weighted by Crippen LogP contribution is -2.49. The fraction of sp³-hybridized carbons (Fsp3) is 0.300. The fourth-order valence-corrected chi connectivity index (χ4v) is 3.70. The molecule has 3 aromatic rings. The number of nitrogens with zero attached hydrogens (tertiary/aromatic N) is 4. The molecule has 5 rings (SSSR count). The van der Waals surface area contributed by atoms with Crippen molar-refractivity contribution in [3.8, 4) is 11.5 Å². The Balaban J connectivity index is 1.17. The number of aromatic nitrogens is 2. The van der Waals surface area contributed by atoms with Crippen LogP contribution in [0.3, 0.4) is 0 Å². The molecular weight excluding hydrogens is 396 g/mol. The van der Waals surface area contributed by atoms with E-state index in [-0.39, 0.29) is 17.5 Å². The first-order valence-corrected chi connectivity index (χ1v) is 9.56. The lowest BCUT2D eigenvalue weighted by atomic mass is 10.1. The van der Waals surface area contributed by atoms with E-state index in [0.29, 0.717) is 44.1 Å². The minimum Gasteiger partial charge on any atom is -0.395 e. The number of benzene rings is 1. The number of pyridine rings is 1. The van der Waals surface area contributed by atoms with E-state index in [4.69, 9.17) is 0 Å². The molecule has 0 unspecified atom stereocenters. The highest BCUT2D eigenvalue weighted by Crippen LogP contribution is 2.41. The van der Waals surface area contributed by atoms with Gasteiger partial charge in [-0.3, -0.25) is 4.90 Å². The summed E-state index contributed by atoms with van der Waals surface area (Å²) in [6, 6.07) is 8.30. The maximum Gasteiger partial charge on any atom is 0.586 e. The van der Waals surface area contributed by atoms with Crippen LogP contribution in [-0.4, -0.2) is 57.7 Å². The number of urea groups is 1. The second-order valence-electron chi connectivity index (χ2n) is 7.22. The van der Waals surface area contributed by atoms with Crippen LogP contribution in [0.1, 0.15) is 5.56 Å². The Labute approximate surface area is 170 Å². The van der Waals surface area contributed by atoms with E-state index in [1.54, 1.807) is 23.2 Å². The molecule has 0 radical (unpaired) electrons. The smallest absolute Gasteiger partial charge is 0.395 e. The van der Waals surface area contributed by atoms with Gasteiger partial charge in [-0.15, -0.1) is 8.78 Å². The van der Waals surface area contributed by atoms with Crippen molar-refractivity contribution in [3.63, 3.8) is 0 Å². The van der Waals surface area contributed by atoms with Crippen LogP contribution in [0, 0.1) is 0 Å². The van der Waals surface area contributed by atoms with Crippen LogP contribution in [-0.2, 0) is 6.54 Å². The minimum atomic E-state index is -3.61. The predicted octanol–water partition coefficient (Wildman–Crippen LogP) is 3.01. The molecule has 8 nitrogen and oxygen atoms in total. The Bertz CT molecular complexity index is 1090. The number of carbonyl (C=O) groups excluding carboxylic acids is 1. The Morgan fingerprint density at radius 3 is 2.73 bits per heavy atom. The van der Waals surface area contributed by atoms with E-state index in [0.717, 1.165) is 5.56 Å². The predicted molar refractivity (Wildman–Crippen MR) is 104 cm³/mol. The number of imidazole rings is 1. The first-order chi connectivity index (χ1) is 14.5. The maximum atomic E-state index is 13.2. The quantitative estimate of drug-likeness (QED) is 0.712.